The van der Waals surface area contributed by atoms with Crippen molar-refractivity contribution in [3.63, 3.8) is 0 Å². The number of thioether (sulfide) groups is 1. The lowest BCUT2D eigenvalue weighted by Gasteiger charge is -2.15. The summed E-state index contributed by atoms with van der Waals surface area (Å²) in [6.45, 7) is 7.68. The molecule has 2 aromatic heterocycles. The van der Waals surface area contributed by atoms with Crippen LogP contribution in [0.3, 0.4) is 0 Å². The minimum absolute atomic E-state index is 0.0195. The summed E-state index contributed by atoms with van der Waals surface area (Å²) in [6.07, 6.45) is 1.31. The topological polar surface area (TPSA) is 122 Å². The number of hydrogen-bond acceptors (Lipinski definition) is 10. The molecule has 12 heteroatoms. The molecule has 0 aliphatic rings. The van der Waals surface area contributed by atoms with Crippen LogP contribution in [0.1, 0.15) is 44.4 Å². The number of allylic oxidation sites excluding steroid dienone is 1. The van der Waals surface area contributed by atoms with Crippen molar-refractivity contribution in [1.29, 1.82) is 0 Å². The summed E-state index contributed by atoms with van der Waals surface area (Å²) in [5.41, 5.74) is 0.495. The Labute approximate surface area is 216 Å². The van der Waals surface area contributed by atoms with Gasteiger partial charge < -0.3 is 19.5 Å². The molecule has 1 aromatic carbocycles. The monoisotopic (exact) mass is 530 g/mol. The number of carbonyl (C=O) groups excluding carboxylic acids is 3. The predicted octanol–water partition coefficient (Wildman–Crippen LogP) is 4.28. The van der Waals surface area contributed by atoms with Crippen LogP contribution < -0.4 is 10.1 Å². The average molecular weight is 531 g/mol. The van der Waals surface area contributed by atoms with E-state index >= 15 is 0 Å². The number of carbonyl (C=O) groups is 3. The molecule has 0 radical (unpaired) electrons. The van der Waals surface area contributed by atoms with Crippen molar-refractivity contribution < 1.29 is 28.6 Å². The number of hydrogen-bond donors (Lipinski definition) is 1. The normalized spacial score (nSPS) is 11.4. The number of aromatic nitrogens is 3. The average Bonchev–Trinajstić information content (AvgIpc) is 3.43. The Balaban J connectivity index is 1.74. The molecule has 1 N–H and O–H groups in total. The molecular formula is C24H26N4O6S2. The lowest BCUT2D eigenvalue weighted by molar-refractivity contribution is -0.113. The first kappa shape index (κ1) is 27.0. The van der Waals surface area contributed by atoms with Gasteiger partial charge in [0.05, 0.1) is 25.5 Å². The second kappa shape index (κ2) is 12.4. The molecule has 0 fully saturated rings. The van der Waals surface area contributed by atoms with E-state index in [1.54, 1.807) is 13.0 Å². The maximum Gasteiger partial charge on any atom is 0.348 e. The summed E-state index contributed by atoms with van der Waals surface area (Å²) in [5, 5.41) is 11.9. The van der Waals surface area contributed by atoms with Crippen LogP contribution in [0.25, 0.3) is 0 Å². The van der Waals surface area contributed by atoms with E-state index in [4.69, 9.17) is 14.2 Å². The van der Waals surface area contributed by atoms with Gasteiger partial charge in [-0.05, 0) is 31.5 Å². The largest absolute Gasteiger partial charge is 0.483 e. The number of anilines is 1. The number of esters is 2. The van der Waals surface area contributed by atoms with Gasteiger partial charge >= 0.3 is 11.9 Å². The number of rotatable bonds is 11. The van der Waals surface area contributed by atoms with Crippen molar-refractivity contribution in [1.82, 2.24) is 14.8 Å². The van der Waals surface area contributed by atoms with Gasteiger partial charge in [-0.3, -0.25) is 9.36 Å². The molecule has 0 aliphatic heterocycles. The van der Waals surface area contributed by atoms with Crippen LogP contribution in [-0.4, -0.2) is 52.6 Å². The van der Waals surface area contributed by atoms with Crippen molar-refractivity contribution in [2.45, 2.75) is 31.7 Å². The van der Waals surface area contributed by atoms with Crippen LogP contribution in [0.4, 0.5) is 5.00 Å². The number of thiophene rings is 1. The van der Waals surface area contributed by atoms with E-state index in [-0.39, 0.29) is 21.2 Å². The fourth-order valence-electron chi connectivity index (χ4n) is 3.29. The Bertz CT molecular complexity index is 1260. The number of nitrogens with one attached hydrogen (secondary N) is 1. The SMILES string of the molecule is C=CCn1c(SCC(=O)Nc2sc(C(=O)OC)c(C)c2C(=O)OC)nnc1C(C)Oc1ccccc1. The van der Waals surface area contributed by atoms with E-state index in [1.807, 2.05) is 41.8 Å². The molecule has 3 aromatic rings. The van der Waals surface area contributed by atoms with Gasteiger partial charge in [-0.25, -0.2) is 9.59 Å². The number of benzene rings is 1. The molecule has 3 rings (SSSR count). The van der Waals surface area contributed by atoms with Gasteiger partial charge in [0.2, 0.25) is 5.91 Å². The first-order valence-corrected chi connectivity index (χ1v) is 12.6. The third kappa shape index (κ3) is 6.13. The van der Waals surface area contributed by atoms with Crippen LogP contribution in [0.15, 0.2) is 48.1 Å². The zero-order valence-corrected chi connectivity index (χ0v) is 21.9. The summed E-state index contributed by atoms with van der Waals surface area (Å²) in [6, 6.07) is 9.37. The van der Waals surface area contributed by atoms with E-state index in [9.17, 15) is 14.4 Å². The Morgan fingerprint density at radius 3 is 2.50 bits per heavy atom. The first-order chi connectivity index (χ1) is 17.3. The van der Waals surface area contributed by atoms with Crippen molar-refractivity contribution in [3.8, 4) is 5.75 Å². The number of amides is 1. The molecule has 0 saturated carbocycles. The standard InChI is InChI=1S/C24H26N4O6S2/c1-6-12-28-20(15(3)34-16-10-8-7-9-11-16)26-27-24(28)35-13-17(29)25-21-18(22(30)32-4)14(2)19(36-21)23(31)33-5/h6-11,15H,1,12-13H2,2-5H3,(H,25,29). The quantitative estimate of drug-likeness (QED) is 0.220. The van der Waals surface area contributed by atoms with Crippen LogP contribution in [0.2, 0.25) is 0 Å². The van der Waals surface area contributed by atoms with Gasteiger partial charge in [-0.1, -0.05) is 36.0 Å². The molecule has 0 aliphatic carbocycles. The minimum atomic E-state index is -0.662. The molecular weight excluding hydrogens is 504 g/mol. The Morgan fingerprint density at radius 2 is 1.86 bits per heavy atom. The van der Waals surface area contributed by atoms with Gasteiger partial charge in [0.25, 0.3) is 0 Å². The van der Waals surface area contributed by atoms with E-state index in [2.05, 4.69) is 22.1 Å². The second-order valence-corrected chi connectivity index (χ2v) is 9.36. The number of ether oxygens (including phenoxy) is 3. The molecule has 36 heavy (non-hydrogen) atoms. The number of para-hydroxylation sites is 1. The highest BCUT2D eigenvalue weighted by Crippen LogP contribution is 2.34. The molecule has 190 valence electrons. The summed E-state index contributed by atoms with van der Waals surface area (Å²) < 4.78 is 17.4. The zero-order chi connectivity index (χ0) is 26.2. The lowest BCUT2D eigenvalue weighted by Crippen LogP contribution is -2.17. The lowest BCUT2D eigenvalue weighted by atomic mass is 10.1. The fraction of sp³-hybridized carbons (Fsp3) is 0.292. The second-order valence-electron chi connectivity index (χ2n) is 7.39. The maximum absolute atomic E-state index is 12.8. The van der Waals surface area contributed by atoms with E-state index in [1.165, 1.54) is 26.0 Å². The van der Waals surface area contributed by atoms with Gasteiger partial charge in [0, 0.05) is 6.54 Å². The summed E-state index contributed by atoms with van der Waals surface area (Å²) in [5.74, 6) is -0.393. The third-order valence-electron chi connectivity index (χ3n) is 4.97. The third-order valence-corrected chi connectivity index (χ3v) is 7.12. The van der Waals surface area contributed by atoms with Gasteiger partial charge in [0.1, 0.15) is 15.6 Å². The highest BCUT2D eigenvalue weighted by atomic mass is 32.2. The summed E-state index contributed by atoms with van der Waals surface area (Å²) in [4.78, 5) is 37.3. The Morgan fingerprint density at radius 1 is 1.17 bits per heavy atom. The molecule has 2 heterocycles. The van der Waals surface area contributed by atoms with Gasteiger partial charge in [-0.2, -0.15) is 0 Å². The number of nitrogens with zero attached hydrogens (tertiary/aromatic N) is 3. The number of methoxy groups -OCH3 is 2. The first-order valence-electron chi connectivity index (χ1n) is 10.8. The highest BCUT2D eigenvalue weighted by molar-refractivity contribution is 7.99. The fourth-order valence-corrected chi connectivity index (χ4v) is 5.18. The maximum atomic E-state index is 12.8. The molecule has 10 nitrogen and oxygen atoms in total. The van der Waals surface area contributed by atoms with Crippen molar-refractivity contribution in [2.75, 3.05) is 25.3 Å². The summed E-state index contributed by atoms with van der Waals surface area (Å²) in [7, 11) is 2.47. The Kier molecular flexibility index (Phi) is 9.25. The Hall–Kier alpha value is -3.64. The highest BCUT2D eigenvalue weighted by Gasteiger charge is 2.27. The van der Waals surface area contributed by atoms with E-state index in [0.29, 0.717) is 28.8 Å². The predicted molar refractivity (Wildman–Crippen MR) is 137 cm³/mol. The molecule has 1 unspecified atom stereocenters. The van der Waals surface area contributed by atoms with E-state index < -0.39 is 23.9 Å². The van der Waals surface area contributed by atoms with Gasteiger partial charge in [-0.15, -0.1) is 28.1 Å². The minimum Gasteiger partial charge on any atom is -0.483 e. The van der Waals surface area contributed by atoms with Crippen molar-refractivity contribution in [2.24, 2.45) is 0 Å². The zero-order valence-electron chi connectivity index (χ0n) is 20.3. The summed E-state index contributed by atoms with van der Waals surface area (Å²) >= 11 is 2.12. The molecule has 0 bridgehead atoms. The van der Waals surface area contributed by atoms with Gasteiger partial charge in [0.15, 0.2) is 17.1 Å². The van der Waals surface area contributed by atoms with Crippen molar-refractivity contribution in [3.05, 3.63) is 64.8 Å². The molecule has 0 saturated heterocycles. The van der Waals surface area contributed by atoms with Crippen LogP contribution in [0, 0.1) is 6.92 Å². The smallest absolute Gasteiger partial charge is 0.348 e. The van der Waals surface area contributed by atoms with Crippen molar-refractivity contribution >= 4 is 45.9 Å². The van der Waals surface area contributed by atoms with Crippen LogP contribution in [-0.2, 0) is 20.8 Å². The van der Waals surface area contributed by atoms with Crippen LogP contribution in [0.5, 0.6) is 5.75 Å². The molecule has 0 spiro atoms. The molecule has 1 atom stereocenters. The molecule has 1 amide bonds. The van der Waals surface area contributed by atoms with E-state index in [0.717, 1.165) is 11.3 Å². The van der Waals surface area contributed by atoms with Crippen LogP contribution >= 0.6 is 23.1 Å².